The summed E-state index contributed by atoms with van der Waals surface area (Å²) < 4.78 is 33.6. The van der Waals surface area contributed by atoms with Gasteiger partial charge in [-0.2, -0.15) is 0 Å². The van der Waals surface area contributed by atoms with Gasteiger partial charge in [-0.05, 0) is 6.92 Å². The number of methoxy groups -OCH3 is 2. The molecule has 2 aliphatic heterocycles. The van der Waals surface area contributed by atoms with Gasteiger partial charge < -0.3 is 74.6 Å². The van der Waals surface area contributed by atoms with Gasteiger partial charge in [-0.15, -0.1) is 0 Å². The highest BCUT2D eigenvalue weighted by Crippen LogP contribution is 2.32. The number of nitrogens with one attached hydrogen (secondary N) is 1. The van der Waals surface area contributed by atoms with Crippen LogP contribution in [0.1, 0.15) is 13.8 Å². The normalized spacial score (nSPS) is 39.3. The quantitative estimate of drug-likeness (QED) is 0.102. The first kappa shape index (κ1) is 33.1. The summed E-state index contributed by atoms with van der Waals surface area (Å²) in [4.78, 5) is 11.7. The zero-order valence-electron chi connectivity index (χ0n) is 21.6. The van der Waals surface area contributed by atoms with Crippen LogP contribution in [-0.4, -0.2) is 167 Å². The highest BCUT2D eigenvalue weighted by Gasteiger charge is 2.52. The second-order valence-corrected chi connectivity index (χ2v) is 9.24. The Morgan fingerprint density at radius 3 is 2.03 bits per heavy atom. The summed E-state index contributed by atoms with van der Waals surface area (Å²) in [5.41, 5.74) is 0. The highest BCUT2D eigenvalue weighted by atomic mass is 16.8. The van der Waals surface area contributed by atoms with E-state index in [-0.39, 0.29) is 0 Å². The molecule has 2 fully saturated rings. The zero-order chi connectivity index (χ0) is 28.7. The van der Waals surface area contributed by atoms with Crippen LogP contribution in [0.15, 0.2) is 0 Å². The molecule has 2 aliphatic rings. The largest absolute Gasteiger partial charge is 0.394 e. The average molecular weight is 560 g/mol. The molecule has 0 unspecified atom stereocenters. The van der Waals surface area contributed by atoms with Crippen LogP contribution in [0.25, 0.3) is 0 Å². The number of hydrogen-bond donors (Lipinski definition) is 9. The van der Waals surface area contributed by atoms with E-state index >= 15 is 0 Å². The van der Waals surface area contributed by atoms with Crippen molar-refractivity contribution in [2.24, 2.45) is 0 Å². The van der Waals surface area contributed by atoms with Crippen LogP contribution in [0.3, 0.4) is 0 Å². The van der Waals surface area contributed by atoms with E-state index in [1.54, 1.807) is 0 Å². The van der Waals surface area contributed by atoms with Gasteiger partial charge in [-0.3, -0.25) is 4.79 Å². The minimum Gasteiger partial charge on any atom is -0.394 e. The molecule has 2 rings (SSSR count). The summed E-state index contributed by atoms with van der Waals surface area (Å²) >= 11 is 0. The lowest BCUT2D eigenvalue weighted by Crippen LogP contribution is -2.66. The molecule has 224 valence electrons. The highest BCUT2D eigenvalue weighted by molar-refractivity contribution is 5.73. The zero-order valence-corrected chi connectivity index (χ0v) is 21.6. The molecular formula is C22H41NO15. The molecule has 0 saturated carbocycles. The lowest BCUT2D eigenvalue weighted by Gasteiger charge is -2.48. The molecule has 14 atom stereocenters. The number of rotatable bonds is 13. The maximum atomic E-state index is 11.7. The van der Waals surface area contributed by atoms with Crippen LogP contribution < -0.4 is 5.32 Å². The first-order chi connectivity index (χ1) is 17.9. The Labute approximate surface area is 219 Å². The minimum atomic E-state index is -1.88. The molecule has 16 nitrogen and oxygen atoms in total. The number of hydrogen-bond acceptors (Lipinski definition) is 15. The SMILES string of the molecule is CO[C@@H]1[C@H](O[C@H]2[C@H](O[C@@H]([C@@H](O)[C@H](O)CO)[C@H](CO)NC(C)=O)O[C@H](CO)[C@H](OC)[C@@H]2O)O[C@@H](C)[C@@H](O)[C@H]1O. The van der Waals surface area contributed by atoms with E-state index in [9.17, 15) is 45.6 Å². The number of ether oxygens (including phenoxy) is 6. The Morgan fingerprint density at radius 2 is 1.53 bits per heavy atom. The summed E-state index contributed by atoms with van der Waals surface area (Å²) in [7, 11) is 2.48. The van der Waals surface area contributed by atoms with E-state index in [0.29, 0.717) is 0 Å². The molecule has 0 aromatic heterocycles. The summed E-state index contributed by atoms with van der Waals surface area (Å²) in [6.07, 6.45) is -18.7. The van der Waals surface area contributed by atoms with Crippen LogP contribution in [0.2, 0.25) is 0 Å². The van der Waals surface area contributed by atoms with Gasteiger partial charge in [0.25, 0.3) is 0 Å². The summed E-state index contributed by atoms with van der Waals surface area (Å²) in [5, 5.41) is 83.8. The summed E-state index contributed by atoms with van der Waals surface area (Å²) in [6.45, 7) is 0.287. The Bertz CT molecular complexity index is 718. The Morgan fingerprint density at radius 1 is 0.895 bits per heavy atom. The number of carbonyl (C=O) groups is 1. The van der Waals surface area contributed by atoms with E-state index in [2.05, 4.69) is 5.32 Å². The van der Waals surface area contributed by atoms with E-state index in [1.165, 1.54) is 21.1 Å². The molecule has 0 radical (unpaired) electrons. The van der Waals surface area contributed by atoms with Gasteiger partial charge in [0.2, 0.25) is 5.91 Å². The molecule has 0 aromatic rings. The van der Waals surface area contributed by atoms with Crippen LogP contribution >= 0.6 is 0 Å². The predicted molar refractivity (Wildman–Crippen MR) is 123 cm³/mol. The third-order valence-electron chi connectivity index (χ3n) is 6.61. The van der Waals surface area contributed by atoms with Crippen LogP contribution in [0.5, 0.6) is 0 Å². The molecule has 1 amide bonds. The summed E-state index contributed by atoms with van der Waals surface area (Å²) in [6, 6.07) is -1.33. The fraction of sp³-hybridized carbons (Fsp3) is 0.955. The van der Waals surface area contributed by atoms with Crippen molar-refractivity contribution < 1.29 is 74.1 Å². The molecule has 0 spiro atoms. The monoisotopic (exact) mass is 559 g/mol. The molecule has 0 aliphatic carbocycles. The van der Waals surface area contributed by atoms with Gasteiger partial charge in [0.15, 0.2) is 12.6 Å². The minimum absolute atomic E-state index is 0.617. The predicted octanol–water partition coefficient (Wildman–Crippen LogP) is -5.46. The van der Waals surface area contributed by atoms with Gasteiger partial charge >= 0.3 is 0 Å². The van der Waals surface area contributed by atoms with Gasteiger partial charge in [0.1, 0.15) is 61.0 Å². The topological polar surface area (TPSA) is 246 Å². The van der Waals surface area contributed by atoms with Gasteiger partial charge in [0, 0.05) is 21.1 Å². The molecule has 16 heteroatoms. The van der Waals surface area contributed by atoms with Crippen molar-refractivity contribution in [1.82, 2.24) is 5.32 Å². The first-order valence-electron chi connectivity index (χ1n) is 12.1. The fourth-order valence-electron chi connectivity index (χ4n) is 4.49. The van der Waals surface area contributed by atoms with Crippen molar-refractivity contribution >= 4 is 5.91 Å². The Balaban J connectivity index is 2.44. The third-order valence-corrected chi connectivity index (χ3v) is 6.61. The van der Waals surface area contributed by atoms with Crippen molar-refractivity contribution in [2.45, 2.75) is 99.6 Å². The Hall–Kier alpha value is -1.09. The van der Waals surface area contributed by atoms with E-state index in [0.717, 1.165) is 6.92 Å². The molecule has 2 heterocycles. The third kappa shape index (κ3) is 7.55. The van der Waals surface area contributed by atoms with Crippen molar-refractivity contribution in [3.8, 4) is 0 Å². The van der Waals surface area contributed by atoms with Crippen molar-refractivity contribution in [3.63, 3.8) is 0 Å². The molecular weight excluding hydrogens is 518 g/mol. The maximum Gasteiger partial charge on any atom is 0.217 e. The van der Waals surface area contributed by atoms with Gasteiger partial charge in [-0.25, -0.2) is 0 Å². The Kier molecular flexibility index (Phi) is 13.1. The average Bonchev–Trinajstić information content (AvgIpc) is 2.89. The number of carbonyl (C=O) groups excluding carboxylic acids is 1. The second-order valence-electron chi connectivity index (χ2n) is 9.24. The van der Waals surface area contributed by atoms with E-state index in [1.807, 2.05) is 0 Å². The smallest absolute Gasteiger partial charge is 0.217 e. The van der Waals surface area contributed by atoms with Crippen LogP contribution in [0, 0.1) is 0 Å². The van der Waals surface area contributed by atoms with Crippen molar-refractivity contribution in [2.75, 3.05) is 34.0 Å². The molecule has 9 N–H and O–H groups in total. The summed E-state index contributed by atoms with van der Waals surface area (Å²) in [5.74, 6) is -0.617. The molecule has 38 heavy (non-hydrogen) atoms. The van der Waals surface area contributed by atoms with Crippen LogP contribution in [-0.2, 0) is 33.2 Å². The maximum absolute atomic E-state index is 11.7. The first-order valence-corrected chi connectivity index (χ1v) is 12.1. The van der Waals surface area contributed by atoms with Gasteiger partial charge in [0.05, 0.1) is 32.0 Å². The number of aliphatic hydroxyl groups is 8. The standard InChI is InChI=1S/C22H41NO15/c1-8-13(29)15(31)19(34-4)21(35-8)38-20-16(32)18(33-3)12(7-26)36-22(20)37-17(14(30)11(28)6-25)10(5-24)23-9(2)27/h8,10-22,24-26,28-32H,5-7H2,1-4H3,(H,23,27)/t8-,10-,11+,12+,13+,14-,15+,16-,17+,18-,19-,20+,21-,22-/m0/s1. The van der Waals surface area contributed by atoms with E-state index in [4.69, 9.17) is 28.4 Å². The van der Waals surface area contributed by atoms with Crippen molar-refractivity contribution in [1.29, 1.82) is 0 Å². The van der Waals surface area contributed by atoms with Crippen molar-refractivity contribution in [3.05, 3.63) is 0 Å². The van der Waals surface area contributed by atoms with E-state index < -0.39 is 111 Å². The lowest BCUT2D eigenvalue weighted by atomic mass is 9.96. The second kappa shape index (κ2) is 15.1. The van der Waals surface area contributed by atoms with Crippen LogP contribution in [0.4, 0.5) is 0 Å². The lowest BCUT2D eigenvalue weighted by molar-refractivity contribution is -0.376. The molecule has 0 bridgehead atoms. The molecule has 0 aromatic carbocycles. The van der Waals surface area contributed by atoms with Gasteiger partial charge in [-0.1, -0.05) is 0 Å². The molecule has 2 saturated heterocycles. The fourth-order valence-corrected chi connectivity index (χ4v) is 4.49. The number of aliphatic hydroxyl groups excluding tert-OH is 8. The number of amides is 1.